The lowest BCUT2D eigenvalue weighted by molar-refractivity contribution is -0.113. The first kappa shape index (κ1) is 28.7. The summed E-state index contributed by atoms with van der Waals surface area (Å²) in [6.07, 6.45) is 3.80. The summed E-state index contributed by atoms with van der Waals surface area (Å²) in [5.74, 6) is -1.09. The number of likely N-dealkylation sites (tertiary alicyclic amines) is 1. The molecule has 1 aromatic carbocycles. The topological polar surface area (TPSA) is 126 Å². The third-order valence-electron chi connectivity index (χ3n) is 6.89. The number of amides is 2. The number of hydrogen-bond acceptors (Lipinski definition) is 7. The van der Waals surface area contributed by atoms with Crippen LogP contribution in [0.1, 0.15) is 45.1 Å². The van der Waals surface area contributed by atoms with Gasteiger partial charge in [-0.3, -0.25) is 9.80 Å². The largest absolute Gasteiger partial charge is 0.420 e. The Kier molecular flexibility index (Phi) is 9.27. The highest BCUT2D eigenvalue weighted by Gasteiger charge is 2.38. The zero-order chi connectivity index (χ0) is 27.4. The number of carbonyl (C=O) groups is 2. The standard InChI is InChI=1S/C24H33FN5O6PS/c1-3-27(4-2)19-9-13-28(14-10-19)24(32)36-20-8-7-18(25)15-17(20)16-21-22(31)26-23(38-21)29-11-5-6-12-30(29)37(33,34)35/h7-8,15-16,19H,3-6,9-14H2,1-2H3,(H2,33,34,35)/b21-16-. The molecule has 3 aliphatic rings. The van der Waals surface area contributed by atoms with Crippen molar-refractivity contribution in [3.8, 4) is 5.75 Å². The number of ether oxygens (including phenoxy) is 1. The highest BCUT2D eigenvalue weighted by Crippen LogP contribution is 2.45. The van der Waals surface area contributed by atoms with E-state index in [9.17, 15) is 28.3 Å². The van der Waals surface area contributed by atoms with Crippen molar-refractivity contribution < 1.29 is 33.1 Å². The molecular formula is C24H33FN5O6PS. The van der Waals surface area contributed by atoms with Gasteiger partial charge < -0.3 is 24.3 Å². The van der Waals surface area contributed by atoms with Gasteiger partial charge in [0.1, 0.15) is 11.6 Å². The van der Waals surface area contributed by atoms with Crippen molar-refractivity contribution in [2.75, 3.05) is 39.3 Å². The van der Waals surface area contributed by atoms with E-state index in [1.807, 2.05) is 0 Å². The molecule has 0 atom stereocenters. The smallest absolute Gasteiger partial charge is 0.410 e. The van der Waals surface area contributed by atoms with Gasteiger partial charge in [-0.25, -0.2) is 13.8 Å². The molecular weight excluding hydrogens is 536 g/mol. The average Bonchev–Trinajstić information content (AvgIpc) is 3.26. The number of benzene rings is 1. The van der Waals surface area contributed by atoms with Gasteiger partial charge in [-0.1, -0.05) is 13.8 Å². The van der Waals surface area contributed by atoms with E-state index >= 15 is 0 Å². The number of amidine groups is 1. The normalized spacial score (nSPS) is 20.9. The fourth-order valence-corrected chi connectivity index (χ4v) is 6.76. The Labute approximate surface area is 225 Å². The molecule has 38 heavy (non-hydrogen) atoms. The number of rotatable bonds is 6. The van der Waals surface area contributed by atoms with Gasteiger partial charge >= 0.3 is 13.8 Å². The van der Waals surface area contributed by atoms with Crippen molar-refractivity contribution >= 4 is 42.8 Å². The number of piperidine rings is 1. The van der Waals surface area contributed by atoms with Crippen molar-refractivity contribution in [2.24, 2.45) is 4.99 Å². The van der Waals surface area contributed by atoms with E-state index in [0.717, 1.165) is 48.5 Å². The SMILES string of the molecule is CCN(CC)C1CCN(C(=O)Oc2ccc(F)cc2/C=C2\SC(N3CCCCN3P(=O)(O)O)=NC2=O)CC1. The molecule has 0 aromatic heterocycles. The van der Waals surface area contributed by atoms with Gasteiger partial charge in [-0.2, -0.15) is 4.99 Å². The molecule has 2 fully saturated rings. The van der Waals surface area contributed by atoms with Crippen molar-refractivity contribution in [1.29, 1.82) is 0 Å². The molecule has 2 amide bonds. The summed E-state index contributed by atoms with van der Waals surface area (Å²) < 4.78 is 32.6. The predicted molar refractivity (Wildman–Crippen MR) is 143 cm³/mol. The number of thioether (sulfide) groups is 1. The van der Waals surface area contributed by atoms with Crippen molar-refractivity contribution in [3.63, 3.8) is 0 Å². The lowest BCUT2D eigenvalue weighted by Crippen LogP contribution is -2.47. The second-order valence-electron chi connectivity index (χ2n) is 9.24. The number of aliphatic imine (C=N–C) groups is 1. The monoisotopic (exact) mass is 569 g/mol. The first-order chi connectivity index (χ1) is 18.1. The van der Waals surface area contributed by atoms with Gasteiger partial charge in [0.25, 0.3) is 5.91 Å². The van der Waals surface area contributed by atoms with E-state index in [1.54, 1.807) is 4.90 Å². The lowest BCUT2D eigenvalue weighted by Gasteiger charge is -2.38. The molecule has 2 N–H and O–H groups in total. The number of halogens is 1. The molecule has 0 aliphatic carbocycles. The van der Waals surface area contributed by atoms with Gasteiger partial charge in [0.15, 0.2) is 5.17 Å². The van der Waals surface area contributed by atoms with E-state index < -0.39 is 25.6 Å². The maximum atomic E-state index is 14.1. The summed E-state index contributed by atoms with van der Waals surface area (Å²) >= 11 is 0.933. The van der Waals surface area contributed by atoms with Gasteiger partial charge in [-0.05, 0) is 74.8 Å². The zero-order valence-electron chi connectivity index (χ0n) is 21.5. The summed E-state index contributed by atoms with van der Waals surface area (Å²) in [5, 5.41) is 1.46. The summed E-state index contributed by atoms with van der Waals surface area (Å²) in [6, 6.07) is 4.10. The third kappa shape index (κ3) is 6.64. The predicted octanol–water partition coefficient (Wildman–Crippen LogP) is 3.51. The molecule has 14 heteroatoms. The summed E-state index contributed by atoms with van der Waals surface area (Å²) in [4.78, 5) is 53.1. The molecule has 0 unspecified atom stereocenters. The first-order valence-electron chi connectivity index (χ1n) is 12.7. The second-order valence-corrected chi connectivity index (χ2v) is 11.7. The minimum atomic E-state index is -4.59. The average molecular weight is 570 g/mol. The second kappa shape index (κ2) is 12.3. The first-order valence-corrected chi connectivity index (χ1v) is 15.1. The number of nitrogens with zero attached hydrogens (tertiary/aromatic N) is 5. The van der Waals surface area contributed by atoms with Crippen LogP contribution in [0, 0.1) is 5.82 Å². The van der Waals surface area contributed by atoms with E-state index in [4.69, 9.17) is 4.74 Å². The Balaban J connectivity index is 1.47. The Morgan fingerprint density at radius 1 is 1.21 bits per heavy atom. The molecule has 3 aliphatic heterocycles. The molecule has 208 valence electrons. The van der Waals surface area contributed by atoms with Crippen LogP contribution in [-0.4, -0.2) is 91.9 Å². The Morgan fingerprint density at radius 2 is 1.89 bits per heavy atom. The lowest BCUT2D eigenvalue weighted by atomic mass is 10.0. The maximum Gasteiger partial charge on any atom is 0.420 e. The van der Waals surface area contributed by atoms with Crippen LogP contribution in [0.2, 0.25) is 0 Å². The number of hydrazine groups is 1. The van der Waals surface area contributed by atoms with Crippen molar-refractivity contribution in [2.45, 2.75) is 45.6 Å². The van der Waals surface area contributed by atoms with Crippen LogP contribution < -0.4 is 4.74 Å². The molecule has 0 spiro atoms. The van der Waals surface area contributed by atoms with Crippen molar-refractivity contribution in [3.05, 3.63) is 34.5 Å². The quantitative estimate of drug-likeness (QED) is 0.388. The van der Waals surface area contributed by atoms with Crippen LogP contribution in [0.5, 0.6) is 5.75 Å². The fourth-order valence-electron chi connectivity index (χ4n) is 4.90. The van der Waals surface area contributed by atoms with Gasteiger partial charge in [0.05, 0.1) is 4.91 Å². The molecule has 4 rings (SSSR count). The highest BCUT2D eigenvalue weighted by atomic mass is 32.2. The van der Waals surface area contributed by atoms with Crippen LogP contribution in [-0.2, 0) is 9.36 Å². The number of carbonyl (C=O) groups excluding carboxylic acids is 2. The molecule has 1 aromatic rings. The maximum absolute atomic E-state index is 14.1. The Bertz CT molecular complexity index is 1160. The third-order valence-corrected chi connectivity index (χ3v) is 8.91. The van der Waals surface area contributed by atoms with Crippen LogP contribution in [0.15, 0.2) is 28.1 Å². The van der Waals surface area contributed by atoms with Gasteiger partial charge in [-0.15, -0.1) is 4.78 Å². The minimum absolute atomic E-state index is 0.103. The minimum Gasteiger partial charge on any atom is -0.410 e. The molecule has 0 bridgehead atoms. The summed E-state index contributed by atoms with van der Waals surface area (Å²) in [7, 11) is -4.59. The molecule has 0 radical (unpaired) electrons. The molecule has 11 nitrogen and oxygen atoms in total. The highest BCUT2D eigenvalue weighted by molar-refractivity contribution is 8.18. The molecule has 0 saturated carbocycles. The Morgan fingerprint density at radius 3 is 2.55 bits per heavy atom. The summed E-state index contributed by atoms with van der Waals surface area (Å²) in [5.41, 5.74) is 0.189. The van der Waals surface area contributed by atoms with Gasteiger partial charge in [0.2, 0.25) is 0 Å². The van der Waals surface area contributed by atoms with Crippen LogP contribution in [0.25, 0.3) is 6.08 Å². The van der Waals surface area contributed by atoms with Crippen LogP contribution in [0.3, 0.4) is 0 Å². The zero-order valence-corrected chi connectivity index (χ0v) is 23.2. The van der Waals surface area contributed by atoms with Crippen molar-refractivity contribution in [1.82, 2.24) is 19.6 Å². The van der Waals surface area contributed by atoms with E-state index in [-0.39, 0.29) is 27.9 Å². The summed E-state index contributed by atoms with van der Waals surface area (Å²) in [6.45, 7) is 7.68. The van der Waals surface area contributed by atoms with Gasteiger partial charge in [0, 0.05) is 37.8 Å². The fraction of sp³-hybridized carbons (Fsp3) is 0.542. The molecule has 3 heterocycles. The number of hydrogen-bond donors (Lipinski definition) is 2. The van der Waals surface area contributed by atoms with E-state index in [0.29, 0.717) is 38.5 Å². The Hall–Kier alpha value is -2.28. The molecule has 2 saturated heterocycles. The van der Waals surface area contributed by atoms with E-state index in [1.165, 1.54) is 23.2 Å². The van der Waals surface area contributed by atoms with Crippen LogP contribution in [0.4, 0.5) is 9.18 Å². The van der Waals surface area contributed by atoms with Crippen LogP contribution >= 0.6 is 19.5 Å². The van der Waals surface area contributed by atoms with E-state index in [2.05, 4.69) is 23.7 Å².